The fourth-order valence-electron chi connectivity index (χ4n) is 4.24. The van der Waals surface area contributed by atoms with Gasteiger partial charge in [-0.15, -0.1) is 0 Å². The Bertz CT molecular complexity index is 1620. The Morgan fingerprint density at radius 2 is 1.56 bits per heavy atom. The summed E-state index contributed by atoms with van der Waals surface area (Å²) in [5, 5.41) is 3.44. The van der Waals surface area contributed by atoms with Crippen LogP contribution in [0.1, 0.15) is 30.5 Å². The second-order valence-corrected chi connectivity index (χ2v) is 11.7. The number of hydrogen-bond donors (Lipinski definition) is 2. The van der Waals surface area contributed by atoms with Gasteiger partial charge in [-0.05, 0) is 78.2 Å². The highest BCUT2D eigenvalue weighted by Crippen LogP contribution is 2.25. The number of benzene rings is 4. The summed E-state index contributed by atoms with van der Waals surface area (Å²) in [6.45, 7) is 2.10. The second kappa shape index (κ2) is 14.7. The molecule has 0 radical (unpaired) electrons. The summed E-state index contributed by atoms with van der Waals surface area (Å²) < 4.78 is 46.8. The Balaban J connectivity index is 1.53. The van der Waals surface area contributed by atoms with E-state index < -0.39 is 34.4 Å². The Labute approximate surface area is 255 Å². The molecule has 0 fully saturated rings. The molecule has 4 rings (SSSR count). The highest BCUT2D eigenvalue weighted by Gasteiger charge is 2.31. The summed E-state index contributed by atoms with van der Waals surface area (Å²) in [5.41, 5.74) is 1.62. The molecular weight excluding hydrogens is 593 g/mol. The Morgan fingerprint density at radius 3 is 2.19 bits per heavy atom. The van der Waals surface area contributed by atoms with Crippen LogP contribution in [-0.4, -0.2) is 38.3 Å². The quantitative estimate of drug-likeness (QED) is 0.191. The molecule has 0 aliphatic carbocycles. The Morgan fingerprint density at radius 1 is 0.907 bits per heavy atom. The Kier molecular flexibility index (Phi) is 10.7. The van der Waals surface area contributed by atoms with Crippen LogP contribution in [0, 0.1) is 5.82 Å². The smallest absolute Gasteiger partial charge is 0.261 e. The molecule has 8 nitrogen and oxygen atoms in total. The van der Waals surface area contributed by atoms with E-state index in [1.54, 1.807) is 48.5 Å². The number of halogens is 2. The van der Waals surface area contributed by atoms with E-state index in [9.17, 15) is 22.4 Å². The van der Waals surface area contributed by atoms with Crippen LogP contribution in [0.15, 0.2) is 108 Å². The van der Waals surface area contributed by atoms with E-state index in [1.807, 2.05) is 13.0 Å². The number of hydrogen-bond acceptors (Lipinski definition) is 5. The maximum atomic E-state index is 13.7. The maximum Gasteiger partial charge on any atom is 0.261 e. The maximum absolute atomic E-state index is 13.7. The third-order valence-corrected chi connectivity index (χ3v) is 8.05. The Hall–Kier alpha value is -4.41. The van der Waals surface area contributed by atoms with Gasteiger partial charge in [0, 0.05) is 23.8 Å². The van der Waals surface area contributed by atoms with Crippen LogP contribution in [-0.2, 0) is 26.2 Å². The molecule has 1 atom stereocenters. The number of anilines is 1. The van der Waals surface area contributed by atoms with Crippen LogP contribution < -0.4 is 14.8 Å². The SMILES string of the molecule is CCCNC(=O)[C@@H](c1ccccc1)N(Cc1ccc(Cl)cc1)C(=O)COc1ccc(S(=O)(=O)Nc2ccc(F)cc2)cc1. The lowest BCUT2D eigenvalue weighted by Crippen LogP contribution is -2.45. The van der Waals surface area contributed by atoms with Crippen molar-refractivity contribution in [1.82, 2.24) is 10.2 Å². The van der Waals surface area contributed by atoms with Crippen LogP contribution in [0.2, 0.25) is 5.02 Å². The van der Waals surface area contributed by atoms with E-state index in [0.717, 1.165) is 24.1 Å². The number of nitrogens with one attached hydrogen (secondary N) is 2. The third kappa shape index (κ3) is 8.79. The number of rotatable bonds is 13. The fourth-order valence-corrected chi connectivity index (χ4v) is 5.42. The second-order valence-electron chi connectivity index (χ2n) is 9.62. The molecular formula is C32H31ClFN3O5S. The van der Waals surface area contributed by atoms with Crippen molar-refractivity contribution >= 4 is 39.1 Å². The summed E-state index contributed by atoms with van der Waals surface area (Å²) in [6.07, 6.45) is 0.729. The molecule has 0 unspecified atom stereocenters. The molecule has 4 aromatic carbocycles. The molecule has 0 saturated heterocycles. The molecule has 2 amide bonds. The lowest BCUT2D eigenvalue weighted by molar-refractivity contribution is -0.143. The van der Waals surface area contributed by atoms with Gasteiger partial charge in [0.2, 0.25) is 5.91 Å². The molecule has 0 spiro atoms. The standard InChI is InChI=1S/C32H31ClFN3O5S/c1-2-20-35-32(39)31(24-6-4-3-5-7-24)37(21-23-8-10-25(33)11-9-23)30(38)22-42-28-16-18-29(19-17-28)43(40,41)36-27-14-12-26(34)13-15-27/h3-19,31,36H,2,20-22H2,1H3,(H,35,39)/t31-/m1/s1. The predicted octanol–water partition coefficient (Wildman–Crippen LogP) is 5.96. The molecule has 4 aromatic rings. The minimum absolute atomic E-state index is 0.0448. The number of carbonyl (C=O) groups is 2. The van der Waals surface area contributed by atoms with Crippen LogP contribution in [0.5, 0.6) is 5.75 Å². The lowest BCUT2D eigenvalue weighted by Gasteiger charge is -2.31. The van der Waals surface area contributed by atoms with Crippen molar-refractivity contribution in [2.24, 2.45) is 0 Å². The minimum atomic E-state index is -3.94. The van der Waals surface area contributed by atoms with Gasteiger partial charge < -0.3 is 15.0 Å². The topological polar surface area (TPSA) is 105 Å². The first-order chi connectivity index (χ1) is 20.7. The molecule has 224 valence electrons. The van der Waals surface area contributed by atoms with Gasteiger partial charge in [-0.2, -0.15) is 0 Å². The van der Waals surface area contributed by atoms with Crippen molar-refractivity contribution in [3.05, 3.63) is 125 Å². The molecule has 2 N–H and O–H groups in total. The van der Waals surface area contributed by atoms with Crippen LogP contribution >= 0.6 is 11.6 Å². The summed E-state index contributed by atoms with van der Waals surface area (Å²) in [7, 11) is -3.94. The normalized spacial score (nSPS) is 11.8. The zero-order valence-corrected chi connectivity index (χ0v) is 24.9. The van der Waals surface area contributed by atoms with Crippen LogP contribution in [0.4, 0.5) is 10.1 Å². The first-order valence-corrected chi connectivity index (χ1v) is 15.4. The zero-order chi connectivity index (χ0) is 30.8. The van der Waals surface area contributed by atoms with Gasteiger partial charge in [0.1, 0.15) is 17.6 Å². The van der Waals surface area contributed by atoms with Gasteiger partial charge in [-0.1, -0.05) is 61.0 Å². The van der Waals surface area contributed by atoms with Gasteiger partial charge >= 0.3 is 0 Å². The predicted molar refractivity (Wildman–Crippen MR) is 164 cm³/mol. The molecule has 11 heteroatoms. The molecule has 0 aliphatic heterocycles. The fraction of sp³-hybridized carbons (Fsp3) is 0.188. The highest BCUT2D eigenvalue weighted by atomic mass is 35.5. The monoisotopic (exact) mass is 623 g/mol. The van der Waals surface area contributed by atoms with E-state index in [4.69, 9.17) is 16.3 Å². The highest BCUT2D eigenvalue weighted by molar-refractivity contribution is 7.92. The number of ether oxygens (including phenoxy) is 1. The average molecular weight is 624 g/mol. The van der Waals surface area contributed by atoms with Gasteiger partial charge in [-0.25, -0.2) is 12.8 Å². The zero-order valence-electron chi connectivity index (χ0n) is 23.4. The largest absolute Gasteiger partial charge is 0.484 e. The van der Waals surface area contributed by atoms with E-state index in [0.29, 0.717) is 17.1 Å². The molecule has 0 heterocycles. The minimum Gasteiger partial charge on any atom is -0.484 e. The summed E-state index contributed by atoms with van der Waals surface area (Å²) in [5.74, 6) is -1.00. The molecule has 0 saturated carbocycles. The lowest BCUT2D eigenvalue weighted by atomic mass is 10.0. The molecule has 0 aliphatic rings. The average Bonchev–Trinajstić information content (AvgIpc) is 3.01. The number of carbonyl (C=O) groups excluding carboxylic acids is 2. The van der Waals surface area contributed by atoms with E-state index in [-0.39, 0.29) is 28.8 Å². The van der Waals surface area contributed by atoms with Gasteiger partial charge in [0.05, 0.1) is 4.90 Å². The van der Waals surface area contributed by atoms with Crippen molar-refractivity contribution in [2.45, 2.75) is 30.8 Å². The first-order valence-electron chi connectivity index (χ1n) is 13.5. The van der Waals surface area contributed by atoms with Crippen molar-refractivity contribution < 1.29 is 27.1 Å². The van der Waals surface area contributed by atoms with E-state index >= 15 is 0 Å². The van der Waals surface area contributed by atoms with Gasteiger partial charge in [0.25, 0.3) is 15.9 Å². The molecule has 43 heavy (non-hydrogen) atoms. The summed E-state index contributed by atoms with van der Waals surface area (Å²) in [6, 6.07) is 25.6. The number of sulfonamides is 1. The number of amides is 2. The van der Waals surface area contributed by atoms with Crippen molar-refractivity contribution in [1.29, 1.82) is 0 Å². The van der Waals surface area contributed by atoms with Crippen LogP contribution in [0.25, 0.3) is 0 Å². The van der Waals surface area contributed by atoms with Crippen molar-refractivity contribution in [2.75, 3.05) is 17.9 Å². The van der Waals surface area contributed by atoms with E-state index in [1.165, 1.54) is 41.3 Å². The third-order valence-electron chi connectivity index (χ3n) is 6.40. The van der Waals surface area contributed by atoms with Crippen molar-refractivity contribution in [3.8, 4) is 5.75 Å². The molecule has 0 aromatic heterocycles. The summed E-state index contributed by atoms with van der Waals surface area (Å²) in [4.78, 5) is 28.5. The van der Waals surface area contributed by atoms with Crippen LogP contribution in [0.3, 0.4) is 0 Å². The van der Waals surface area contributed by atoms with Gasteiger partial charge in [-0.3, -0.25) is 14.3 Å². The molecule has 0 bridgehead atoms. The van der Waals surface area contributed by atoms with Crippen molar-refractivity contribution in [3.63, 3.8) is 0 Å². The first kappa shape index (κ1) is 31.5. The summed E-state index contributed by atoms with van der Waals surface area (Å²) >= 11 is 6.06. The van der Waals surface area contributed by atoms with Gasteiger partial charge in [0.15, 0.2) is 6.61 Å². The number of nitrogens with zero attached hydrogens (tertiary/aromatic N) is 1. The van der Waals surface area contributed by atoms with E-state index in [2.05, 4.69) is 10.0 Å².